The first kappa shape index (κ1) is 17.3. The van der Waals surface area contributed by atoms with Gasteiger partial charge in [-0.3, -0.25) is 10.0 Å². The molecule has 4 heteroatoms. The fraction of sp³-hybridized carbons (Fsp3) is 0.211. The Bertz CT molecular complexity index is 653. The summed E-state index contributed by atoms with van der Waals surface area (Å²) in [5.41, 5.74) is 2.35. The molecule has 23 heavy (non-hydrogen) atoms. The molecule has 0 unspecified atom stereocenters. The van der Waals surface area contributed by atoms with Gasteiger partial charge in [0.05, 0.1) is 0 Å². The van der Waals surface area contributed by atoms with E-state index >= 15 is 0 Å². The highest BCUT2D eigenvalue weighted by Crippen LogP contribution is 2.25. The monoisotopic (exact) mass is 327 g/mol. The van der Waals surface area contributed by atoms with Gasteiger partial charge in [0.15, 0.2) is 0 Å². The normalized spacial score (nSPS) is 10.9. The lowest BCUT2D eigenvalue weighted by Gasteiger charge is -2.07. The van der Waals surface area contributed by atoms with Crippen LogP contribution in [0.15, 0.2) is 65.6 Å². The SMILES string of the molecule is CN(O)C(=O)C=Cc1ccccc1SCCCc1ccccc1. The third kappa shape index (κ3) is 5.93. The highest BCUT2D eigenvalue weighted by Gasteiger charge is 2.03. The fourth-order valence-corrected chi connectivity index (χ4v) is 3.11. The number of carbonyl (C=O) groups excluding carboxylic acids is 1. The van der Waals surface area contributed by atoms with E-state index in [-0.39, 0.29) is 0 Å². The number of thioether (sulfide) groups is 1. The summed E-state index contributed by atoms with van der Waals surface area (Å²) in [6.45, 7) is 0. The highest BCUT2D eigenvalue weighted by molar-refractivity contribution is 7.99. The van der Waals surface area contributed by atoms with Crippen molar-refractivity contribution in [1.29, 1.82) is 0 Å². The maximum Gasteiger partial charge on any atom is 0.269 e. The summed E-state index contributed by atoms with van der Waals surface area (Å²) in [6.07, 6.45) is 5.29. The van der Waals surface area contributed by atoms with Crippen LogP contribution in [0.5, 0.6) is 0 Å². The number of hydroxylamine groups is 2. The van der Waals surface area contributed by atoms with Gasteiger partial charge in [-0.05, 0) is 41.9 Å². The van der Waals surface area contributed by atoms with E-state index in [4.69, 9.17) is 5.21 Å². The van der Waals surface area contributed by atoms with Gasteiger partial charge in [-0.1, -0.05) is 48.5 Å². The van der Waals surface area contributed by atoms with Gasteiger partial charge < -0.3 is 0 Å². The van der Waals surface area contributed by atoms with E-state index in [1.807, 2.05) is 24.3 Å². The summed E-state index contributed by atoms with van der Waals surface area (Å²) in [7, 11) is 1.32. The minimum Gasteiger partial charge on any atom is -0.286 e. The van der Waals surface area contributed by atoms with E-state index in [1.165, 1.54) is 18.7 Å². The number of hydrogen-bond donors (Lipinski definition) is 1. The summed E-state index contributed by atoms with van der Waals surface area (Å²) < 4.78 is 0. The first-order chi connectivity index (χ1) is 11.2. The van der Waals surface area contributed by atoms with Crippen molar-refractivity contribution in [2.24, 2.45) is 0 Å². The van der Waals surface area contributed by atoms with Crippen molar-refractivity contribution in [2.45, 2.75) is 17.7 Å². The molecular formula is C19H21NO2S. The van der Waals surface area contributed by atoms with Crippen molar-refractivity contribution in [3.05, 3.63) is 71.8 Å². The average molecular weight is 327 g/mol. The zero-order chi connectivity index (χ0) is 16.5. The van der Waals surface area contributed by atoms with Crippen LogP contribution >= 0.6 is 11.8 Å². The highest BCUT2D eigenvalue weighted by atomic mass is 32.2. The molecule has 0 radical (unpaired) electrons. The van der Waals surface area contributed by atoms with Crippen LogP contribution < -0.4 is 0 Å². The fourth-order valence-electron chi connectivity index (χ4n) is 2.12. The zero-order valence-corrected chi connectivity index (χ0v) is 14.0. The largest absolute Gasteiger partial charge is 0.286 e. The molecule has 2 rings (SSSR count). The number of aryl methyl sites for hydroxylation is 1. The second kappa shape index (κ2) is 9.18. The van der Waals surface area contributed by atoms with Crippen molar-refractivity contribution >= 4 is 23.7 Å². The van der Waals surface area contributed by atoms with Crippen molar-refractivity contribution in [3.8, 4) is 0 Å². The maximum atomic E-state index is 11.4. The first-order valence-corrected chi connectivity index (χ1v) is 8.56. The van der Waals surface area contributed by atoms with Crippen LogP contribution in [-0.4, -0.2) is 29.0 Å². The quantitative estimate of drug-likeness (QED) is 0.271. The molecule has 0 spiro atoms. The lowest BCUT2D eigenvalue weighted by Crippen LogP contribution is -2.19. The molecule has 0 aliphatic carbocycles. The molecule has 1 amide bonds. The Hall–Kier alpha value is -2.04. The molecule has 0 aromatic heterocycles. The van der Waals surface area contributed by atoms with Crippen LogP contribution in [0.4, 0.5) is 0 Å². The van der Waals surface area contributed by atoms with E-state index in [2.05, 4.69) is 30.3 Å². The van der Waals surface area contributed by atoms with E-state index in [9.17, 15) is 4.79 Å². The van der Waals surface area contributed by atoms with Gasteiger partial charge in [0.1, 0.15) is 0 Å². The summed E-state index contributed by atoms with van der Waals surface area (Å²) in [5.74, 6) is 0.585. The molecule has 120 valence electrons. The van der Waals surface area contributed by atoms with Crippen LogP contribution in [0.25, 0.3) is 6.08 Å². The molecule has 0 saturated heterocycles. The predicted molar refractivity (Wildman–Crippen MR) is 95.5 cm³/mol. The van der Waals surface area contributed by atoms with Crippen molar-refractivity contribution < 1.29 is 10.0 Å². The Kier molecular flexibility index (Phi) is 6.91. The number of amides is 1. The minimum absolute atomic E-state index is 0.436. The number of rotatable bonds is 7. The molecule has 0 aliphatic heterocycles. The molecular weight excluding hydrogens is 306 g/mol. The Morgan fingerprint density at radius 3 is 2.57 bits per heavy atom. The van der Waals surface area contributed by atoms with E-state index in [1.54, 1.807) is 17.8 Å². The van der Waals surface area contributed by atoms with E-state index in [0.29, 0.717) is 5.06 Å². The lowest BCUT2D eigenvalue weighted by atomic mass is 10.1. The molecule has 0 saturated carbocycles. The summed E-state index contributed by atoms with van der Waals surface area (Å²) >= 11 is 1.79. The molecule has 0 heterocycles. The molecule has 0 bridgehead atoms. The standard InChI is InChI=1S/C19H21NO2S/c1-20(22)19(21)14-13-17-11-5-6-12-18(17)23-15-7-10-16-8-3-2-4-9-16/h2-6,8-9,11-14,22H,7,10,15H2,1H3. The topological polar surface area (TPSA) is 40.5 Å². The second-order valence-corrected chi connectivity index (χ2v) is 6.31. The number of hydrogen-bond acceptors (Lipinski definition) is 3. The average Bonchev–Trinajstić information content (AvgIpc) is 2.58. The van der Waals surface area contributed by atoms with E-state index < -0.39 is 5.91 Å². The number of carbonyl (C=O) groups is 1. The molecule has 1 N–H and O–H groups in total. The van der Waals surface area contributed by atoms with Gasteiger partial charge >= 0.3 is 0 Å². The molecule has 3 nitrogen and oxygen atoms in total. The van der Waals surface area contributed by atoms with Gasteiger partial charge in [-0.25, -0.2) is 5.06 Å². The van der Waals surface area contributed by atoms with Gasteiger partial charge in [0, 0.05) is 18.0 Å². The Morgan fingerprint density at radius 1 is 1.13 bits per heavy atom. The van der Waals surface area contributed by atoms with Gasteiger partial charge in [-0.2, -0.15) is 0 Å². The van der Waals surface area contributed by atoms with E-state index in [0.717, 1.165) is 29.1 Å². The number of benzene rings is 2. The lowest BCUT2D eigenvalue weighted by molar-refractivity contribution is -0.153. The molecule has 0 atom stereocenters. The van der Waals surface area contributed by atoms with Gasteiger partial charge in [-0.15, -0.1) is 11.8 Å². The maximum absolute atomic E-state index is 11.4. The Balaban J connectivity index is 1.89. The molecule has 0 aliphatic rings. The van der Waals surface area contributed by atoms with Gasteiger partial charge in [0.25, 0.3) is 5.91 Å². The van der Waals surface area contributed by atoms with Crippen molar-refractivity contribution in [1.82, 2.24) is 5.06 Å². The van der Waals surface area contributed by atoms with Crippen LogP contribution in [0.1, 0.15) is 17.5 Å². The van der Waals surface area contributed by atoms with Crippen LogP contribution in [-0.2, 0) is 11.2 Å². The first-order valence-electron chi connectivity index (χ1n) is 7.57. The molecule has 2 aromatic carbocycles. The number of likely N-dealkylation sites (N-methyl/N-ethyl adjacent to an activating group) is 1. The van der Waals surface area contributed by atoms with Crippen molar-refractivity contribution in [2.75, 3.05) is 12.8 Å². The summed E-state index contributed by atoms with van der Waals surface area (Å²) in [6, 6.07) is 18.4. The second-order valence-electron chi connectivity index (χ2n) is 5.17. The third-order valence-corrected chi connectivity index (χ3v) is 4.53. The van der Waals surface area contributed by atoms with Crippen molar-refractivity contribution in [3.63, 3.8) is 0 Å². The Morgan fingerprint density at radius 2 is 1.83 bits per heavy atom. The zero-order valence-electron chi connectivity index (χ0n) is 13.2. The van der Waals surface area contributed by atoms with Crippen LogP contribution in [0.2, 0.25) is 0 Å². The smallest absolute Gasteiger partial charge is 0.269 e. The molecule has 0 fully saturated rings. The van der Waals surface area contributed by atoms with Crippen LogP contribution in [0.3, 0.4) is 0 Å². The third-order valence-electron chi connectivity index (χ3n) is 3.35. The number of nitrogens with zero attached hydrogens (tertiary/aromatic N) is 1. The Labute approximate surface area is 141 Å². The van der Waals surface area contributed by atoms with Gasteiger partial charge in [0.2, 0.25) is 0 Å². The van der Waals surface area contributed by atoms with Crippen LogP contribution in [0, 0.1) is 0 Å². The summed E-state index contributed by atoms with van der Waals surface area (Å²) in [4.78, 5) is 12.6. The minimum atomic E-state index is -0.436. The summed E-state index contributed by atoms with van der Waals surface area (Å²) in [5, 5.41) is 9.65. The predicted octanol–water partition coefficient (Wildman–Crippen LogP) is 4.27. The molecule has 2 aromatic rings.